The molecule has 0 unspecified atom stereocenters. The summed E-state index contributed by atoms with van der Waals surface area (Å²) in [5.41, 5.74) is 1.77. The molecule has 0 saturated carbocycles. The molecule has 2 amide bonds. The Labute approximate surface area is 213 Å². The predicted octanol–water partition coefficient (Wildman–Crippen LogP) is 3.33. The third-order valence-corrected chi connectivity index (χ3v) is 6.61. The predicted molar refractivity (Wildman–Crippen MR) is 137 cm³/mol. The van der Waals surface area contributed by atoms with Gasteiger partial charge in [-0.25, -0.2) is 9.79 Å². The van der Waals surface area contributed by atoms with Crippen LogP contribution in [0.15, 0.2) is 58.4 Å². The lowest BCUT2D eigenvalue weighted by atomic mass is 10.2. The van der Waals surface area contributed by atoms with E-state index in [0.717, 1.165) is 5.56 Å². The zero-order chi connectivity index (χ0) is 25.5. The molecule has 10 heteroatoms. The second kappa shape index (κ2) is 11.9. The van der Waals surface area contributed by atoms with Crippen molar-refractivity contribution < 1.29 is 28.6 Å². The zero-order valence-corrected chi connectivity index (χ0v) is 21.0. The number of carbonyl (C=O) groups excluding carboxylic acids is 3. The van der Waals surface area contributed by atoms with E-state index in [4.69, 9.17) is 14.2 Å². The minimum atomic E-state index is -0.446. The van der Waals surface area contributed by atoms with Crippen LogP contribution in [-0.2, 0) is 19.1 Å². The molecular formula is C26H27N3O6S. The molecule has 0 radical (unpaired) electrons. The molecule has 9 nitrogen and oxygen atoms in total. The molecule has 0 atom stereocenters. The van der Waals surface area contributed by atoms with E-state index in [9.17, 15) is 14.4 Å². The van der Waals surface area contributed by atoms with Crippen molar-refractivity contribution in [1.82, 2.24) is 9.80 Å². The summed E-state index contributed by atoms with van der Waals surface area (Å²) < 4.78 is 15.7. The third kappa shape index (κ3) is 6.13. The molecular weight excluding hydrogens is 482 g/mol. The number of methoxy groups -OCH3 is 1. The molecule has 2 aliphatic heterocycles. The number of rotatable bonds is 7. The standard InChI is InChI=1S/C26H27N3O6S/c1-3-29-24(31)22(36-26(29)27-20-6-4-5-19(16-20)25(32)33-2)15-18-7-9-21(10-8-18)35-17-23(30)28-11-13-34-14-12-28/h4-10,15-16H,3,11-14,17H2,1-2H3. The van der Waals surface area contributed by atoms with Gasteiger partial charge in [-0.05, 0) is 60.7 Å². The van der Waals surface area contributed by atoms with Crippen molar-refractivity contribution in [3.63, 3.8) is 0 Å². The van der Waals surface area contributed by atoms with Crippen molar-refractivity contribution in [2.75, 3.05) is 46.6 Å². The molecule has 2 heterocycles. The Kier molecular flexibility index (Phi) is 8.40. The number of amides is 2. The van der Waals surface area contributed by atoms with Gasteiger partial charge in [-0.2, -0.15) is 0 Å². The highest BCUT2D eigenvalue weighted by Gasteiger charge is 2.32. The lowest BCUT2D eigenvalue weighted by Crippen LogP contribution is -2.42. The molecule has 0 aliphatic carbocycles. The minimum Gasteiger partial charge on any atom is -0.484 e. The lowest BCUT2D eigenvalue weighted by molar-refractivity contribution is -0.137. The van der Waals surface area contributed by atoms with Gasteiger partial charge in [-0.15, -0.1) is 0 Å². The smallest absolute Gasteiger partial charge is 0.337 e. The maximum atomic E-state index is 13.0. The fraction of sp³-hybridized carbons (Fsp3) is 0.308. The Morgan fingerprint density at radius 2 is 1.89 bits per heavy atom. The Balaban J connectivity index is 1.43. The highest BCUT2D eigenvalue weighted by atomic mass is 32.2. The number of esters is 1. The Bertz CT molecular complexity index is 1190. The van der Waals surface area contributed by atoms with E-state index in [1.807, 2.05) is 19.1 Å². The highest BCUT2D eigenvalue weighted by molar-refractivity contribution is 8.18. The van der Waals surface area contributed by atoms with Gasteiger partial charge in [0.15, 0.2) is 11.8 Å². The molecule has 0 aromatic heterocycles. The van der Waals surface area contributed by atoms with E-state index in [1.165, 1.54) is 18.9 Å². The van der Waals surface area contributed by atoms with Crippen LogP contribution in [0.3, 0.4) is 0 Å². The maximum Gasteiger partial charge on any atom is 0.337 e. The van der Waals surface area contributed by atoms with Crippen molar-refractivity contribution in [2.45, 2.75) is 6.92 Å². The average Bonchev–Trinajstić information content (AvgIpc) is 3.21. The molecule has 2 aliphatic rings. The van der Waals surface area contributed by atoms with Crippen molar-refractivity contribution >= 4 is 46.5 Å². The number of thioether (sulfide) groups is 1. The largest absolute Gasteiger partial charge is 0.484 e. The monoisotopic (exact) mass is 509 g/mol. The Hall–Kier alpha value is -3.63. The van der Waals surface area contributed by atoms with Crippen LogP contribution in [-0.4, -0.2) is 79.3 Å². The lowest BCUT2D eigenvalue weighted by Gasteiger charge is -2.26. The van der Waals surface area contributed by atoms with Crippen LogP contribution in [0, 0.1) is 0 Å². The van der Waals surface area contributed by atoms with E-state index in [-0.39, 0.29) is 18.4 Å². The molecule has 188 valence electrons. The van der Waals surface area contributed by atoms with Gasteiger partial charge >= 0.3 is 5.97 Å². The van der Waals surface area contributed by atoms with E-state index >= 15 is 0 Å². The number of amidine groups is 1. The number of benzene rings is 2. The van der Waals surface area contributed by atoms with Gasteiger partial charge in [0.1, 0.15) is 5.75 Å². The van der Waals surface area contributed by atoms with Crippen LogP contribution < -0.4 is 4.74 Å². The van der Waals surface area contributed by atoms with Crippen molar-refractivity contribution in [1.29, 1.82) is 0 Å². The first-order valence-electron chi connectivity index (χ1n) is 11.6. The van der Waals surface area contributed by atoms with Gasteiger partial charge < -0.3 is 19.1 Å². The molecule has 2 aromatic rings. The van der Waals surface area contributed by atoms with Crippen LogP contribution in [0.4, 0.5) is 5.69 Å². The van der Waals surface area contributed by atoms with Gasteiger partial charge in [0.25, 0.3) is 11.8 Å². The summed E-state index contributed by atoms with van der Waals surface area (Å²) >= 11 is 1.27. The first kappa shape index (κ1) is 25.5. The van der Waals surface area contributed by atoms with E-state index in [0.29, 0.717) is 59.9 Å². The van der Waals surface area contributed by atoms with Crippen molar-refractivity contribution in [2.24, 2.45) is 4.99 Å². The SMILES string of the molecule is CCN1C(=O)C(=Cc2ccc(OCC(=O)N3CCOCC3)cc2)SC1=Nc1cccc(C(=O)OC)c1. The number of morpholine rings is 1. The normalized spacial score (nSPS) is 18.1. The number of likely N-dealkylation sites (N-methyl/N-ethyl adjacent to an activating group) is 1. The second-order valence-electron chi connectivity index (χ2n) is 7.95. The summed E-state index contributed by atoms with van der Waals surface area (Å²) in [4.78, 5) is 45.5. The van der Waals surface area contributed by atoms with Crippen molar-refractivity contribution in [3.8, 4) is 5.75 Å². The number of nitrogens with zero attached hydrogens (tertiary/aromatic N) is 3. The van der Waals surface area contributed by atoms with Crippen LogP contribution in [0.5, 0.6) is 5.75 Å². The van der Waals surface area contributed by atoms with Crippen LogP contribution in [0.1, 0.15) is 22.8 Å². The van der Waals surface area contributed by atoms with E-state index in [2.05, 4.69) is 4.99 Å². The number of aliphatic imine (C=N–C) groups is 1. The molecule has 4 rings (SSSR count). The first-order chi connectivity index (χ1) is 17.5. The fourth-order valence-corrected chi connectivity index (χ4v) is 4.72. The summed E-state index contributed by atoms with van der Waals surface area (Å²) in [6, 6.07) is 14.0. The second-order valence-corrected chi connectivity index (χ2v) is 8.96. The summed E-state index contributed by atoms with van der Waals surface area (Å²) in [5, 5.41) is 0.539. The molecule has 0 bridgehead atoms. The van der Waals surface area contributed by atoms with Crippen molar-refractivity contribution in [3.05, 3.63) is 64.6 Å². The van der Waals surface area contributed by atoms with E-state index in [1.54, 1.807) is 52.3 Å². The molecule has 0 N–H and O–H groups in total. The summed E-state index contributed by atoms with van der Waals surface area (Å²) in [7, 11) is 1.33. The summed E-state index contributed by atoms with van der Waals surface area (Å²) in [5.74, 6) is -0.0760. The topological polar surface area (TPSA) is 97.7 Å². The Morgan fingerprint density at radius 1 is 1.14 bits per heavy atom. The van der Waals surface area contributed by atoms with E-state index < -0.39 is 5.97 Å². The van der Waals surface area contributed by atoms with Crippen LogP contribution >= 0.6 is 11.8 Å². The fourth-order valence-electron chi connectivity index (χ4n) is 3.66. The molecule has 2 fully saturated rings. The van der Waals surface area contributed by atoms with Crippen LogP contribution in [0.25, 0.3) is 6.08 Å². The Morgan fingerprint density at radius 3 is 2.58 bits per heavy atom. The molecule has 2 saturated heterocycles. The number of hydrogen-bond acceptors (Lipinski definition) is 8. The third-order valence-electron chi connectivity index (χ3n) is 5.60. The number of ether oxygens (including phenoxy) is 3. The highest BCUT2D eigenvalue weighted by Crippen LogP contribution is 2.34. The number of hydrogen-bond donors (Lipinski definition) is 0. The van der Waals surface area contributed by atoms with Gasteiger partial charge in [-0.3, -0.25) is 14.5 Å². The van der Waals surface area contributed by atoms with Gasteiger partial charge in [-0.1, -0.05) is 18.2 Å². The maximum absolute atomic E-state index is 13.0. The van der Waals surface area contributed by atoms with Crippen LogP contribution in [0.2, 0.25) is 0 Å². The van der Waals surface area contributed by atoms with Gasteiger partial charge in [0.2, 0.25) is 0 Å². The van der Waals surface area contributed by atoms with Gasteiger partial charge in [0.05, 0.1) is 36.5 Å². The molecule has 2 aromatic carbocycles. The number of carbonyl (C=O) groups is 3. The van der Waals surface area contributed by atoms with Gasteiger partial charge in [0, 0.05) is 19.6 Å². The first-order valence-corrected chi connectivity index (χ1v) is 12.4. The molecule has 0 spiro atoms. The minimum absolute atomic E-state index is 0.0305. The summed E-state index contributed by atoms with van der Waals surface area (Å²) in [6.45, 7) is 4.57. The quantitative estimate of drug-likeness (QED) is 0.417. The molecule has 36 heavy (non-hydrogen) atoms. The zero-order valence-electron chi connectivity index (χ0n) is 20.1. The average molecular weight is 510 g/mol. The summed E-state index contributed by atoms with van der Waals surface area (Å²) in [6.07, 6.45) is 1.80.